The summed E-state index contributed by atoms with van der Waals surface area (Å²) < 4.78 is 7.09. The molecule has 0 saturated carbocycles. The van der Waals surface area contributed by atoms with E-state index in [2.05, 4.69) is 17.9 Å². The van der Waals surface area contributed by atoms with E-state index in [1.807, 2.05) is 46.0 Å². The van der Waals surface area contributed by atoms with E-state index in [1.165, 1.54) is 0 Å². The van der Waals surface area contributed by atoms with Crippen LogP contribution in [0.25, 0.3) is 11.1 Å². The van der Waals surface area contributed by atoms with Crippen LogP contribution in [-0.2, 0) is 18.2 Å². The van der Waals surface area contributed by atoms with Crippen LogP contribution in [0.3, 0.4) is 0 Å². The van der Waals surface area contributed by atoms with E-state index in [4.69, 9.17) is 9.72 Å². The van der Waals surface area contributed by atoms with Crippen molar-refractivity contribution < 1.29 is 9.53 Å². The summed E-state index contributed by atoms with van der Waals surface area (Å²) in [5.41, 5.74) is 3.30. The Morgan fingerprint density at radius 2 is 1.83 bits per heavy atom. The van der Waals surface area contributed by atoms with E-state index in [-0.39, 0.29) is 11.7 Å². The molecule has 7 nitrogen and oxygen atoms in total. The van der Waals surface area contributed by atoms with Crippen LogP contribution < -0.4 is 10.5 Å². The van der Waals surface area contributed by atoms with Crippen LogP contribution in [0, 0.1) is 6.92 Å². The van der Waals surface area contributed by atoms with Gasteiger partial charge in [0.15, 0.2) is 0 Å². The molecular weight excluding hydrogens is 380 g/mol. The molecule has 1 aliphatic rings. The highest BCUT2D eigenvalue weighted by molar-refractivity contribution is 5.69. The average Bonchev–Trinajstić information content (AvgIpc) is 2.70. The number of anilines is 1. The second-order valence-corrected chi connectivity index (χ2v) is 8.80. The number of amides is 1. The number of hydrogen-bond donors (Lipinski definition) is 0. The molecule has 2 aromatic rings. The Morgan fingerprint density at radius 1 is 1.17 bits per heavy atom. The van der Waals surface area contributed by atoms with Crippen molar-refractivity contribution in [3.8, 4) is 11.1 Å². The van der Waals surface area contributed by atoms with Crippen molar-refractivity contribution in [2.24, 2.45) is 7.05 Å². The van der Waals surface area contributed by atoms with E-state index in [0.29, 0.717) is 26.2 Å². The number of carbonyl (C=O) groups excluding carboxylic acids is 1. The van der Waals surface area contributed by atoms with E-state index in [1.54, 1.807) is 16.5 Å². The summed E-state index contributed by atoms with van der Waals surface area (Å²) in [5.74, 6) is 0.918. The largest absolute Gasteiger partial charge is 0.444 e. The first-order valence-corrected chi connectivity index (χ1v) is 10.5. The van der Waals surface area contributed by atoms with Gasteiger partial charge in [0.1, 0.15) is 11.4 Å². The number of aryl methyl sites for hydroxylation is 3. The number of ether oxygens (including phenoxy) is 1. The summed E-state index contributed by atoms with van der Waals surface area (Å²) in [5, 5.41) is 0. The lowest BCUT2D eigenvalue weighted by molar-refractivity contribution is 0.0240. The zero-order chi connectivity index (χ0) is 22.1. The first-order chi connectivity index (χ1) is 14.1. The standard InChI is InChI=1S/C23H32N4O3/c1-7-19-18(17-14-16(2)21(28)25(6)15-17)8-9-20(24-19)26-10-12-27(13-11-26)22(29)30-23(3,4)5/h8-9,14-15H,7,10-13H2,1-6H3. The molecule has 2 aromatic heterocycles. The molecule has 0 aliphatic carbocycles. The molecule has 1 amide bonds. The zero-order valence-electron chi connectivity index (χ0n) is 18.9. The third-order valence-corrected chi connectivity index (χ3v) is 5.22. The highest BCUT2D eigenvalue weighted by Gasteiger charge is 2.26. The predicted octanol–water partition coefficient (Wildman–Crippen LogP) is 3.38. The normalized spacial score (nSPS) is 14.7. The molecule has 0 radical (unpaired) electrons. The minimum Gasteiger partial charge on any atom is -0.444 e. The molecule has 7 heteroatoms. The van der Waals surface area contributed by atoms with E-state index in [9.17, 15) is 9.59 Å². The molecule has 1 fully saturated rings. The minimum atomic E-state index is -0.485. The number of piperazine rings is 1. The van der Waals surface area contributed by atoms with Gasteiger partial charge >= 0.3 is 6.09 Å². The highest BCUT2D eigenvalue weighted by Crippen LogP contribution is 2.26. The average molecular weight is 413 g/mol. The lowest BCUT2D eigenvalue weighted by atomic mass is 10.0. The second-order valence-electron chi connectivity index (χ2n) is 8.80. The number of carbonyl (C=O) groups is 1. The summed E-state index contributed by atoms with van der Waals surface area (Å²) in [6, 6.07) is 6.04. The molecular formula is C23H32N4O3. The fraction of sp³-hybridized carbons (Fsp3) is 0.522. The van der Waals surface area contributed by atoms with Crippen molar-refractivity contribution in [3.63, 3.8) is 0 Å². The van der Waals surface area contributed by atoms with Gasteiger partial charge in [-0.1, -0.05) is 6.92 Å². The van der Waals surface area contributed by atoms with Gasteiger partial charge < -0.3 is 19.1 Å². The van der Waals surface area contributed by atoms with Crippen molar-refractivity contribution in [1.82, 2.24) is 14.5 Å². The maximum absolute atomic E-state index is 12.3. The number of pyridine rings is 2. The molecule has 3 heterocycles. The molecule has 0 N–H and O–H groups in total. The summed E-state index contributed by atoms with van der Waals surface area (Å²) in [4.78, 5) is 33.2. The van der Waals surface area contributed by atoms with E-state index in [0.717, 1.165) is 34.6 Å². The molecule has 0 aromatic carbocycles. The van der Waals surface area contributed by atoms with Crippen LogP contribution >= 0.6 is 0 Å². The highest BCUT2D eigenvalue weighted by atomic mass is 16.6. The second kappa shape index (κ2) is 8.50. The summed E-state index contributed by atoms with van der Waals surface area (Å²) in [6.07, 6.45) is 2.40. The fourth-order valence-electron chi connectivity index (χ4n) is 3.67. The van der Waals surface area contributed by atoms with Crippen molar-refractivity contribution in [2.75, 3.05) is 31.1 Å². The van der Waals surface area contributed by atoms with Crippen molar-refractivity contribution >= 4 is 11.9 Å². The Labute approximate surface area is 178 Å². The third kappa shape index (κ3) is 4.83. The monoisotopic (exact) mass is 412 g/mol. The number of nitrogens with zero attached hydrogens (tertiary/aromatic N) is 4. The SMILES string of the molecule is CCc1nc(N2CCN(C(=O)OC(C)(C)C)CC2)ccc1-c1cc(C)c(=O)n(C)c1. The Hall–Kier alpha value is -2.83. The Kier molecular flexibility index (Phi) is 6.19. The molecule has 0 unspecified atom stereocenters. The predicted molar refractivity (Wildman–Crippen MR) is 119 cm³/mol. The molecule has 0 spiro atoms. The third-order valence-electron chi connectivity index (χ3n) is 5.22. The molecule has 0 bridgehead atoms. The number of hydrogen-bond acceptors (Lipinski definition) is 5. The Balaban J connectivity index is 1.76. The Morgan fingerprint density at radius 3 is 2.40 bits per heavy atom. The first kappa shape index (κ1) is 21.9. The van der Waals surface area contributed by atoms with Crippen LogP contribution in [0.5, 0.6) is 0 Å². The van der Waals surface area contributed by atoms with Crippen LogP contribution in [0.1, 0.15) is 39.0 Å². The quantitative estimate of drug-likeness (QED) is 0.773. The van der Waals surface area contributed by atoms with E-state index < -0.39 is 5.60 Å². The first-order valence-electron chi connectivity index (χ1n) is 10.5. The van der Waals surface area contributed by atoms with Gasteiger partial charge in [0, 0.05) is 56.1 Å². The topological polar surface area (TPSA) is 67.7 Å². The fourth-order valence-corrected chi connectivity index (χ4v) is 3.67. The van der Waals surface area contributed by atoms with Gasteiger partial charge in [-0.25, -0.2) is 9.78 Å². The number of aromatic nitrogens is 2. The van der Waals surface area contributed by atoms with Gasteiger partial charge in [-0.3, -0.25) is 4.79 Å². The molecule has 162 valence electrons. The van der Waals surface area contributed by atoms with Crippen molar-refractivity contribution in [3.05, 3.63) is 46.0 Å². The maximum atomic E-state index is 12.3. The molecule has 1 saturated heterocycles. The van der Waals surface area contributed by atoms with Crippen LogP contribution in [0.15, 0.2) is 29.2 Å². The van der Waals surface area contributed by atoms with Crippen LogP contribution in [0.2, 0.25) is 0 Å². The zero-order valence-corrected chi connectivity index (χ0v) is 18.9. The van der Waals surface area contributed by atoms with E-state index >= 15 is 0 Å². The summed E-state index contributed by atoms with van der Waals surface area (Å²) in [7, 11) is 1.77. The van der Waals surface area contributed by atoms with Crippen LogP contribution in [0.4, 0.5) is 10.6 Å². The summed E-state index contributed by atoms with van der Waals surface area (Å²) in [6.45, 7) is 12.2. The smallest absolute Gasteiger partial charge is 0.410 e. The van der Waals surface area contributed by atoms with Gasteiger partial charge in [-0.15, -0.1) is 0 Å². The van der Waals surface area contributed by atoms with Crippen molar-refractivity contribution in [1.29, 1.82) is 0 Å². The molecule has 3 rings (SSSR count). The minimum absolute atomic E-state index is 0.0178. The summed E-state index contributed by atoms with van der Waals surface area (Å²) >= 11 is 0. The van der Waals surface area contributed by atoms with Gasteiger partial charge in [0.2, 0.25) is 0 Å². The molecule has 30 heavy (non-hydrogen) atoms. The van der Waals surface area contributed by atoms with Crippen LogP contribution in [-0.4, -0.2) is 52.3 Å². The van der Waals surface area contributed by atoms with Gasteiger partial charge in [0.25, 0.3) is 5.56 Å². The lowest BCUT2D eigenvalue weighted by Crippen LogP contribution is -2.50. The van der Waals surface area contributed by atoms with Gasteiger partial charge in [0.05, 0.1) is 5.69 Å². The lowest BCUT2D eigenvalue weighted by Gasteiger charge is -2.36. The molecule has 0 atom stereocenters. The van der Waals surface area contributed by atoms with Gasteiger partial charge in [-0.05, 0) is 52.3 Å². The molecule has 1 aliphatic heterocycles. The Bertz CT molecular complexity index is 957. The maximum Gasteiger partial charge on any atom is 0.410 e. The van der Waals surface area contributed by atoms with Gasteiger partial charge in [-0.2, -0.15) is 0 Å². The van der Waals surface area contributed by atoms with Crippen molar-refractivity contribution in [2.45, 2.75) is 46.6 Å². The number of rotatable bonds is 3.